The molecule has 1 rings (SSSR count). The predicted octanol–water partition coefficient (Wildman–Crippen LogP) is 1.47. The third kappa shape index (κ3) is 4.49. The minimum atomic E-state index is 0.118. The Kier molecular flexibility index (Phi) is 5.03. The van der Waals surface area contributed by atoms with Crippen molar-refractivity contribution in [3.8, 4) is 0 Å². The van der Waals surface area contributed by atoms with E-state index < -0.39 is 0 Å². The molecule has 0 saturated carbocycles. The zero-order valence-corrected chi connectivity index (χ0v) is 10.5. The Hall–Kier alpha value is -0.120. The fourth-order valence-corrected chi connectivity index (χ4v) is 1.88. The summed E-state index contributed by atoms with van der Waals surface area (Å²) in [7, 11) is 2.20. The first-order valence-electron chi connectivity index (χ1n) is 6.03. The highest BCUT2D eigenvalue weighted by molar-refractivity contribution is 4.74. The smallest absolute Gasteiger partial charge is 0.0621 e. The number of nitrogens with zero attached hydrogens (tertiary/aromatic N) is 1. The van der Waals surface area contributed by atoms with E-state index in [2.05, 4.69) is 25.8 Å². The van der Waals surface area contributed by atoms with E-state index in [1.54, 1.807) is 0 Å². The Morgan fingerprint density at radius 3 is 2.73 bits per heavy atom. The zero-order chi connectivity index (χ0) is 11.3. The summed E-state index contributed by atoms with van der Waals surface area (Å²) in [6.45, 7) is 7.84. The molecule has 0 aliphatic carbocycles. The third-order valence-corrected chi connectivity index (χ3v) is 3.28. The van der Waals surface area contributed by atoms with Gasteiger partial charge in [0.1, 0.15) is 0 Å². The van der Waals surface area contributed by atoms with Gasteiger partial charge >= 0.3 is 0 Å². The van der Waals surface area contributed by atoms with Crippen LogP contribution in [-0.2, 0) is 4.74 Å². The molecule has 0 aromatic carbocycles. The zero-order valence-electron chi connectivity index (χ0n) is 10.5. The summed E-state index contributed by atoms with van der Waals surface area (Å²) in [4.78, 5) is 2.42. The van der Waals surface area contributed by atoms with Crippen molar-refractivity contribution in [2.24, 2.45) is 11.1 Å². The van der Waals surface area contributed by atoms with Crippen molar-refractivity contribution in [2.45, 2.75) is 39.2 Å². The van der Waals surface area contributed by atoms with Crippen LogP contribution in [0.1, 0.15) is 33.1 Å². The summed E-state index contributed by atoms with van der Waals surface area (Å²) < 4.78 is 5.78. The summed E-state index contributed by atoms with van der Waals surface area (Å²) in [6, 6.07) is 0.618. The molecule has 3 heteroatoms. The summed E-state index contributed by atoms with van der Waals surface area (Å²) in [5.74, 6) is 0. The average molecular weight is 214 g/mol. The molecule has 0 bridgehead atoms. The molecule has 90 valence electrons. The maximum absolute atomic E-state index is 5.78. The molecule has 1 saturated heterocycles. The first kappa shape index (κ1) is 12.9. The Morgan fingerprint density at radius 1 is 1.40 bits per heavy atom. The molecule has 1 atom stereocenters. The van der Waals surface area contributed by atoms with Gasteiger partial charge in [-0.2, -0.15) is 0 Å². The van der Waals surface area contributed by atoms with Crippen molar-refractivity contribution in [2.75, 3.05) is 33.4 Å². The lowest BCUT2D eigenvalue weighted by molar-refractivity contribution is 0.0172. The number of nitrogens with two attached hydrogens (primary N) is 1. The van der Waals surface area contributed by atoms with Crippen LogP contribution in [0.5, 0.6) is 0 Å². The SMILES string of the molecule is CN1CCCCC1COCC(C)(C)CN. The normalized spacial score (nSPS) is 24.4. The second-order valence-electron chi connectivity index (χ2n) is 5.51. The summed E-state index contributed by atoms with van der Waals surface area (Å²) in [5, 5.41) is 0. The second-order valence-corrected chi connectivity index (χ2v) is 5.51. The van der Waals surface area contributed by atoms with Gasteiger partial charge in [0.25, 0.3) is 0 Å². The lowest BCUT2D eigenvalue weighted by atomic mass is 9.95. The summed E-state index contributed by atoms with van der Waals surface area (Å²) in [6.07, 6.45) is 3.96. The van der Waals surface area contributed by atoms with E-state index in [4.69, 9.17) is 10.5 Å². The minimum Gasteiger partial charge on any atom is -0.379 e. The molecule has 1 aliphatic rings. The van der Waals surface area contributed by atoms with Gasteiger partial charge < -0.3 is 15.4 Å². The van der Waals surface area contributed by atoms with Crippen LogP contribution >= 0.6 is 0 Å². The topological polar surface area (TPSA) is 38.5 Å². The average Bonchev–Trinajstić information content (AvgIpc) is 2.21. The van der Waals surface area contributed by atoms with Gasteiger partial charge in [-0.25, -0.2) is 0 Å². The van der Waals surface area contributed by atoms with Crippen LogP contribution in [0, 0.1) is 5.41 Å². The minimum absolute atomic E-state index is 0.118. The van der Waals surface area contributed by atoms with Crippen molar-refractivity contribution < 1.29 is 4.74 Å². The van der Waals surface area contributed by atoms with E-state index in [1.807, 2.05) is 0 Å². The molecule has 1 fully saturated rings. The van der Waals surface area contributed by atoms with Gasteiger partial charge in [0.2, 0.25) is 0 Å². The highest BCUT2D eigenvalue weighted by atomic mass is 16.5. The summed E-state index contributed by atoms with van der Waals surface area (Å²) in [5.41, 5.74) is 5.78. The monoisotopic (exact) mass is 214 g/mol. The van der Waals surface area contributed by atoms with E-state index in [0.717, 1.165) is 13.2 Å². The standard InChI is InChI=1S/C12H26N2O/c1-12(2,9-13)10-15-8-11-6-4-5-7-14(11)3/h11H,4-10,13H2,1-3H3. The molecule has 0 aromatic heterocycles. The Balaban J connectivity index is 2.19. The highest BCUT2D eigenvalue weighted by Gasteiger charge is 2.21. The van der Waals surface area contributed by atoms with Crippen molar-refractivity contribution in [1.29, 1.82) is 0 Å². The molecule has 1 heterocycles. The summed E-state index contributed by atoms with van der Waals surface area (Å²) >= 11 is 0. The molecule has 0 radical (unpaired) electrons. The molecule has 0 amide bonds. The molecule has 1 aliphatic heterocycles. The number of hydrogen-bond acceptors (Lipinski definition) is 3. The van der Waals surface area contributed by atoms with Crippen molar-refractivity contribution >= 4 is 0 Å². The Bertz CT molecular complexity index is 182. The van der Waals surface area contributed by atoms with E-state index in [0.29, 0.717) is 12.6 Å². The molecule has 1 unspecified atom stereocenters. The largest absolute Gasteiger partial charge is 0.379 e. The molecule has 3 nitrogen and oxygen atoms in total. The number of likely N-dealkylation sites (N-methyl/N-ethyl adjacent to an activating group) is 1. The maximum Gasteiger partial charge on any atom is 0.0621 e. The van der Waals surface area contributed by atoms with Crippen LogP contribution in [0.15, 0.2) is 0 Å². The molecular weight excluding hydrogens is 188 g/mol. The van der Waals surface area contributed by atoms with Gasteiger partial charge in [-0.05, 0) is 33.0 Å². The maximum atomic E-state index is 5.78. The van der Waals surface area contributed by atoms with Crippen LogP contribution in [0.25, 0.3) is 0 Å². The van der Waals surface area contributed by atoms with Crippen LogP contribution in [0.2, 0.25) is 0 Å². The lowest BCUT2D eigenvalue weighted by Gasteiger charge is -2.33. The van der Waals surface area contributed by atoms with Crippen LogP contribution in [0.3, 0.4) is 0 Å². The van der Waals surface area contributed by atoms with Crippen molar-refractivity contribution in [3.63, 3.8) is 0 Å². The number of rotatable bonds is 5. The van der Waals surface area contributed by atoms with Gasteiger partial charge in [-0.1, -0.05) is 20.3 Å². The fraction of sp³-hybridized carbons (Fsp3) is 1.00. The number of likely N-dealkylation sites (tertiary alicyclic amines) is 1. The van der Waals surface area contributed by atoms with Crippen LogP contribution in [-0.4, -0.2) is 44.3 Å². The second kappa shape index (κ2) is 5.83. The van der Waals surface area contributed by atoms with Gasteiger partial charge in [0.05, 0.1) is 13.2 Å². The highest BCUT2D eigenvalue weighted by Crippen LogP contribution is 2.17. The van der Waals surface area contributed by atoms with Gasteiger partial charge in [0, 0.05) is 11.5 Å². The van der Waals surface area contributed by atoms with Crippen LogP contribution < -0.4 is 5.73 Å². The molecule has 0 spiro atoms. The molecule has 2 N–H and O–H groups in total. The van der Waals surface area contributed by atoms with Crippen molar-refractivity contribution in [1.82, 2.24) is 4.90 Å². The predicted molar refractivity (Wildman–Crippen MR) is 63.9 cm³/mol. The van der Waals surface area contributed by atoms with E-state index in [1.165, 1.54) is 25.8 Å². The molecular formula is C12H26N2O. The lowest BCUT2D eigenvalue weighted by Crippen LogP contribution is -2.40. The number of piperidine rings is 1. The van der Waals surface area contributed by atoms with Gasteiger partial charge in [-0.15, -0.1) is 0 Å². The van der Waals surface area contributed by atoms with Gasteiger partial charge in [-0.3, -0.25) is 0 Å². The van der Waals surface area contributed by atoms with Crippen LogP contribution in [0.4, 0.5) is 0 Å². The van der Waals surface area contributed by atoms with E-state index in [9.17, 15) is 0 Å². The molecule has 15 heavy (non-hydrogen) atoms. The Labute approximate surface area is 94.0 Å². The first-order chi connectivity index (χ1) is 7.05. The van der Waals surface area contributed by atoms with Crippen molar-refractivity contribution in [3.05, 3.63) is 0 Å². The Morgan fingerprint density at radius 2 is 2.13 bits per heavy atom. The van der Waals surface area contributed by atoms with Gasteiger partial charge in [0.15, 0.2) is 0 Å². The fourth-order valence-electron chi connectivity index (χ4n) is 1.88. The molecule has 0 aromatic rings. The first-order valence-corrected chi connectivity index (χ1v) is 6.03. The quantitative estimate of drug-likeness (QED) is 0.753. The number of hydrogen-bond donors (Lipinski definition) is 1. The third-order valence-electron chi connectivity index (χ3n) is 3.28. The van der Waals surface area contributed by atoms with E-state index >= 15 is 0 Å². The van der Waals surface area contributed by atoms with E-state index in [-0.39, 0.29) is 5.41 Å². The number of ether oxygens (including phenoxy) is 1.